The number of methoxy groups -OCH3 is 2. The van der Waals surface area contributed by atoms with Gasteiger partial charge >= 0.3 is 0 Å². The average Bonchev–Trinajstić information content (AvgIpc) is 2.25. The summed E-state index contributed by atoms with van der Waals surface area (Å²) < 4.78 is 10.3. The average molecular weight is 191 g/mol. The van der Waals surface area contributed by atoms with Gasteiger partial charge in [-0.2, -0.15) is 0 Å². The molecule has 0 aliphatic heterocycles. The molecule has 1 aromatic rings. The van der Waals surface area contributed by atoms with Crippen LogP contribution in [0.2, 0.25) is 0 Å². The smallest absolute Gasteiger partial charge is 0.161 e. The fourth-order valence-electron chi connectivity index (χ4n) is 1.16. The minimum Gasteiger partial charge on any atom is -0.493 e. The fraction of sp³-hybridized carbons (Fsp3) is 0.333. The number of rotatable bonds is 4. The molecule has 14 heavy (non-hydrogen) atoms. The molecule has 1 aromatic carbocycles. The Balaban J connectivity index is 2.95. The molecular formula is C12H15O2. The largest absolute Gasteiger partial charge is 0.493 e. The zero-order valence-corrected chi connectivity index (χ0v) is 8.83. The highest BCUT2D eigenvalue weighted by atomic mass is 16.5. The Bertz CT molecular complexity index is 316. The molecular weight excluding hydrogens is 176 g/mol. The van der Waals surface area contributed by atoms with E-state index >= 15 is 0 Å². The Morgan fingerprint density at radius 2 is 1.93 bits per heavy atom. The Kier molecular flexibility index (Phi) is 4.05. The van der Waals surface area contributed by atoms with E-state index < -0.39 is 0 Å². The van der Waals surface area contributed by atoms with Gasteiger partial charge in [-0.25, -0.2) is 0 Å². The lowest BCUT2D eigenvalue weighted by atomic mass is 10.2. The van der Waals surface area contributed by atoms with Crippen LogP contribution in [-0.2, 0) is 0 Å². The molecule has 0 bridgehead atoms. The lowest BCUT2D eigenvalue weighted by Gasteiger charge is -2.07. The first-order chi connectivity index (χ1) is 6.81. The molecule has 0 saturated heterocycles. The maximum absolute atomic E-state index is 5.18. The quantitative estimate of drug-likeness (QED) is 0.728. The normalized spacial score (nSPS) is 10.5. The summed E-state index contributed by atoms with van der Waals surface area (Å²) in [6.07, 6.45) is 5.99. The molecule has 0 amide bonds. The summed E-state index contributed by atoms with van der Waals surface area (Å²) in [4.78, 5) is 0. The van der Waals surface area contributed by atoms with Crippen molar-refractivity contribution in [2.75, 3.05) is 14.2 Å². The molecule has 2 nitrogen and oxygen atoms in total. The molecule has 0 N–H and O–H groups in total. The molecule has 2 heteroatoms. The summed E-state index contributed by atoms with van der Waals surface area (Å²) in [5.41, 5.74) is 1.07. The van der Waals surface area contributed by atoms with Gasteiger partial charge in [-0.1, -0.05) is 19.1 Å². The van der Waals surface area contributed by atoms with E-state index in [4.69, 9.17) is 9.47 Å². The van der Waals surface area contributed by atoms with Gasteiger partial charge in [0, 0.05) is 0 Å². The van der Waals surface area contributed by atoms with E-state index in [2.05, 4.69) is 13.0 Å². The van der Waals surface area contributed by atoms with Gasteiger partial charge in [0.25, 0.3) is 0 Å². The molecule has 0 fully saturated rings. The van der Waals surface area contributed by atoms with Gasteiger partial charge in [0.2, 0.25) is 0 Å². The van der Waals surface area contributed by atoms with Crippen molar-refractivity contribution >= 4 is 6.08 Å². The molecule has 0 unspecified atom stereocenters. The third-order valence-corrected chi connectivity index (χ3v) is 1.88. The lowest BCUT2D eigenvalue weighted by Crippen LogP contribution is -1.90. The van der Waals surface area contributed by atoms with Crippen LogP contribution in [0, 0.1) is 6.08 Å². The van der Waals surface area contributed by atoms with Crippen molar-refractivity contribution in [2.24, 2.45) is 0 Å². The molecule has 0 saturated carbocycles. The van der Waals surface area contributed by atoms with Crippen LogP contribution in [0.25, 0.3) is 6.08 Å². The zero-order valence-electron chi connectivity index (χ0n) is 8.83. The van der Waals surface area contributed by atoms with Crippen molar-refractivity contribution < 1.29 is 9.47 Å². The van der Waals surface area contributed by atoms with Crippen LogP contribution in [0.15, 0.2) is 18.2 Å². The highest BCUT2D eigenvalue weighted by Gasteiger charge is 2.01. The third-order valence-electron chi connectivity index (χ3n) is 1.88. The first kappa shape index (κ1) is 10.6. The summed E-state index contributed by atoms with van der Waals surface area (Å²) in [6.45, 7) is 2.05. The second-order valence-corrected chi connectivity index (χ2v) is 2.82. The van der Waals surface area contributed by atoms with Gasteiger partial charge in [0.05, 0.1) is 14.2 Å². The van der Waals surface area contributed by atoms with Crippen LogP contribution >= 0.6 is 0 Å². The zero-order chi connectivity index (χ0) is 10.4. The summed E-state index contributed by atoms with van der Waals surface area (Å²) in [6, 6.07) is 5.80. The first-order valence-corrected chi connectivity index (χ1v) is 4.60. The number of allylic oxidation sites excluding steroid dienone is 1. The van der Waals surface area contributed by atoms with E-state index in [9.17, 15) is 0 Å². The van der Waals surface area contributed by atoms with Crippen molar-refractivity contribution in [1.29, 1.82) is 0 Å². The highest BCUT2D eigenvalue weighted by Crippen LogP contribution is 2.27. The molecule has 0 aromatic heterocycles. The number of ether oxygens (including phenoxy) is 2. The second-order valence-electron chi connectivity index (χ2n) is 2.82. The summed E-state index contributed by atoms with van der Waals surface area (Å²) in [5, 5.41) is 0. The van der Waals surface area contributed by atoms with Crippen LogP contribution in [0.4, 0.5) is 0 Å². The van der Waals surface area contributed by atoms with E-state index in [0.29, 0.717) is 0 Å². The monoisotopic (exact) mass is 191 g/mol. The SMILES string of the molecule is CC/[C]=C\c1ccc(OC)c(OC)c1. The van der Waals surface area contributed by atoms with Crippen molar-refractivity contribution in [1.82, 2.24) is 0 Å². The Morgan fingerprint density at radius 3 is 2.50 bits per heavy atom. The molecule has 1 rings (SSSR count). The molecule has 0 heterocycles. The Labute approximate surface area is 85.2 Å². The third kappa shape index (κ3) is 2.52. The minimum absolute atomic E-state index is 0.749. The Morgan fingerprint density at radius 1 is 1.21 bits per heavy atom. The summed E-state index contributed by atoms with van der Waals surface area (Å²) in [7, 11) is 3.26. The van der Waals surface area contributed by atoms with Gasteiger partial charge < -0.3 is 9.47 Å². The van der Waals surface area contributed by atoms with Gasteiger partial charge in [-0.15, -0.1) is 0 Å². The van der Waals surface area contributed by atoms with Crippen LogP contribution < -0.4 is 9.47 Å². The summed E-state index contributed by atoms with van der Waals surface area (Å²) >= 11 is 0. The predicted octanol–water partition coefficient (Wildman–Crippen LogP) is 2.93. The van der Waals surface area contributed by atoms with Gasteiger partial charge in [-0.05, 0) is 30.2 Å². The standard InChI is InChI=1S/C12H15O2/c1-4-5-6-10-7-8-11(13-2)12(9-10)14-3/h6-9H,4H2,1-3H3. The van der Waals surface area contributed by atoms with Crippen LogP contribution in [0.1, 0.15) is 18.9 Å². The van der Waals surface area contributed by atoms with Crippen molar-refractivity contribution in [3.05, 3.63) is 29.8 Å². The molecule has 1 radical (unpaired) electrons. The first-order valence-electron chi connectivity index (χ1n) is 4.60. The van der Waals surface area contributed by atoms with Crippen molar-refractivity contribution in [3.63, 3.8) is 0 Å². The minimum atomic E-state index is 0.749. The molecule has 75 valence electrons. The van der Waals surface area contributed by atoms with E-state index in [1.54, 1.807) is 14.2 Å². The molecule has 0 aliphatic rings. The number of benzene rings is 1. The molecule has 0 spiro atoms. The van der Waals surface area contributed by atoms with E-state index in [1.165, 1.54) is 0 Å². The predicted molar refractivity (Wildman–Crippen MR) is 57.5 cm³/mol. The number of hydrogen-bond donors (Lipinski definition) is 0. The molecule has 0 atom stereocenters. The van der Waals surface area contributed by atoms with Gasteiger partial charge in [0.15, 0.2) is 11.5 Å². The van der Waals surface area contributed by atoms with E-state index in [-0.39, 0.29) is 0 Å². The van der Waals surface area contributed by atoms with Gasteiger partial charge in [0.1, 0.15) is 0 Å². The lowest BCUT2D eigenvalue weighted by molar-refractivity contribution is 0.355. The van der Waals surface area contributed by atoms with Crippen LogP contribution in [-0.4, -0.2) is 14.2 Å². The Hall–Kier alpha value is -1.44. The van der Waals surface area contributed by atoms with Crippen molar-refractivity contribution in [2.45, 2.75) is 13.3 Å². The second kappa shape index (κ2) is 5.32. The van der Waals surface area contributed by atoms with Gasteiger partial charge in [-0.3, -0.25) is 0 Å². The number of hydrogen-bond acceptors (Lipinski definition) is 2. The molecule has 0 aliphatic carbocycles. The highest BCUT2D eigenvalue weighted by molar-refractivity contribution is 5.54. The topological polar surface area (TPSA) is 18.5 Å². The summed E-state index contributed by atoms with van der Waals surface area (Å²) in [5.74, 6) is 1.50. The van der Waals surface area contributed by atoms with E-state index in [0.717, 1.165) is 23.5 Å². The van der Waals surface area contributed by atoms with Crippen LogP contribution in [0.5, 0.6) is 11.5 Å². The van der Waals surface area contributed by atoms with Crippen molar-refractivity contribution in [3.8, 4) is 11.5 Å². The van der Waals surface area contributed by atoms with Crippen LogP contribution in [0.3, 0.4) is 0 Å². The maximum atomic E-state index is 5.18. The maximum Gasteiger partial charge on any atom is 0.161 e. The van der Waals surface area contributed by atoms with E-state index in [1.807, 2.05) is 24.3 Å². The fourth-order valence-corrected chi connectivity index (χ4v) is 1.16.